The van der Waals surface area contributed by atoms with Gasteiger partial charge >= 0.3 is 0 Å². The fraction of sp³-hybridized carbons (Fsp3) is 0.714. The first kappa shape index (κ1) is 18.9. The molecule has 2 amide bonds. The molecule has 1 aromatic heterocycles. The van der Waals surface area contributed by atoms with Crippen molar-refractivity contribution in [3.05, 3.63) is 22.4 Å². The van der Waals surface area contributed by atoms with E-state index in [-0.39, 0.29) is 11.9 Å². The number of piperidine rings is 1. The van der Waals surface area contributed by atoms with E-state index in [0.29, 0.717) is 11.8 Å². The number of thiophene rings is 1. The SMILES string of the molecule is O=C(c1cccs1)N1CCN(C(C(=O)N2CCCCC2)C2CCCC2)CC1. The lowest BCUT2D eigenvalue weighted by Crippen LogP contribution is -2.59. The lowest BCUT2D eigenvalue weighted by atomic mass is 9.93. The third-order valence-electron chi connectivity index (χ3n) is 6.49. The second-order valence-corrected chi connectivity index (χ2v) is 9.13. The molecule has 1 aliphatic carbocycles. The highest BCUT2D eigenvalue weighted by molar-refractivity contribution is 7.12. The van der Waals surface area contributed by atoms with Crippen LogP contribution in [0, 0.1) is 5.92 Å². The first-order valence-electron chi connectivity index (χ1n) is 10.6. The predicted octanol–water partition coefficient (Wildman–Crippen LogP) is 3.08. The summed E-state index contributed by atoms with van der Waals surface area (Å²) in [4.78, 5) is 33.3. The van der Waals surface area contributed by atoms with Gasteiger partial charge in [-0.15, -0.1) is 11.3 Å². The molecular weight excluding hydrogens is 358 g/mol. The normalized spacial score (nSPS) is 23.6. The predicted molar refractivity (Wildman–Crippen MR) is 108 cm³/mol. The molecule has 6 heteroatoms. The van der Waals surface area contributed by atoms with E-state index in [0.717, 1.165) is 57.0 Å². The quantitative estimate of drug-likeness (QED) is 0.795. The van der Waals surface area contributed by atoms with Gasteiger partial charge in [0.1, 0.15) is 0 Å². The van der Waals surface area contributed by atoms with Gasteiger partial charge in [-0.1, -0.05) is 18.9 Å². The average molecular weight is 390 g/mol. The summed E-state index contributed by atoms with van der Waals surface area (Å²) in [6.45, 7) is 4.95. The average Bonchev–Trinajstić information content (AvgIpc) is 3.43. The van der Waals surface area contributed by atoms with E-state index >= 15 is 0 Å². The van der Waals surface area contributed by atoms with Crippen molar-refractivity contribution in [2.24, 2.45) is 5.92 Å². The summed E-state index contributed by atoms with van der Waals surface area (Å²) >= 11 is 1.51. The third-order valence-corrected chi connectivity index (χ3v) is 7.35. The Kier molecular flexibility index (Phi) is 6.13. The highest BCUT2D eigenvalue weighted by Gasteiger charge is 2.39. The summed E-state index contributed by atoms with van der Waals surface area (Å²) in [5, 5.41) is 1.96. The molecule has 0 radical (unpaired) electrons. The number of likely N-dealkylation sites (tertiary alicyclic amines) is 1. The highest BCUT2D eigenvalue weighted by atomic mass is 32.1. The van der Waals surface area contributed by atoms with Crippen LogP contribution in [0.2, 0.25) is 0 Å². The molecule has 0 spiro atoms. The van der Waals surface area contributed by atoms with Gasteiger partial charge in [0.05, 0.1) is 10.9 Å². The molecule has 0 bridgehead atoms. The van der Waals surface area contributed by atoms with Crippen molar-refractivity contribution in [2.45, 2.75) is 51.0 Å². The molecular formula is C21H31N3O2S. The number of nitrogens with zero attached hydrogens (tertiary/aromatic N) is 3. The Labute approximate surface area is 166 Å². The number of rotatable bonds is 4. The molecule has 2 saturated heterocycles. The Balaban J connectivity index is 1.42. The van der Waals surface area contributed by atoms with Gasteiger partial charge in [0, 0.05) is 39.3 Å². The van der Waals surface area contributed by atoms with Gasteiger partial charge in [0.2, 0.25) is 5.91 Å². The molecule has 5 nitrogen and oxygen atoms in total. The van der Waals surface area contributed by atoms with E-state index in [1.165, 1.54) is 43.4 Å². The smallest absolute Gasteiger partial charge is 0.264 e. The van der Waals surface area contributed by atoms with Crippen molar-refractivity contribution < 1.29 is 9.59 Å². The van der Waals surface area contributed by atoms with Gasteiger partial charge in [0.15, 0.2) is 0 Å². The van der Waals surface area contributed by atoms with E-state index in [1.807, 2.05) is 22.4 Å². The van der Waals surface area contributed by atoms with E-state index in [4.69, 9.17) is 0 Å². The van der Waals surface area contributed by atoms with Crippen LogP contribution in [0.1, 0.15) is 54.6 Å². The van der Waals surface area contributed by atoms with E-state index < -0.39 is 0 Å². The number of piperazine rings is 1. The van der Waals surface area contributed by atoms with Crippen LogP contribution in [0.15, 0.2) is 17.5 Å². The second kappa shape index (κ2) is 8.74. The van der Waals surface area contributed by atoms with Crippen molar-refractivity contribution >= 4 is 23.2 Å². The number of hydrogen-bond acceptors (Lipinski definition) is 4. The third kappa shape index (κ3) is 4.21. The van der Waals surface area contributed by atoms with Gasteiger partial charge in [-0.25, -0.2) is 0 Å². The molecule has 1 atom stereocenters. The minimum absolute atomic E-state index is 0.0320. The molecule has 4 rings (SSSR count). The van der Waals surface area contributed by atoms with Gasteiger partial charge in [-0.2, -0.15) is 0 Å². The number of carbonyl (C=O) groups is 2. The molecule has 1 unspecified atom stereocenters. The van der Waals surface area contributed by atoms with Crippen LogP contribution in [0.3, 0.4) is 0 Å². The lowest BCUT2D eigenvalue weighted by Gasteiger charge is -2.43. The summed E-state index contributed by atoms with van der Waals surface area (Å²) in [6.07, 6.45) is 8.41. The van der Waals surface area contributed by atoms with Crippen molar-refractivity contribution in [2.75, 3.05) is 39.3 Å². The zero-order valence-corrected chi connectivity index (χ0v) is 17.0. The zero-order valence-electron chi connectivity index (χ0n) is 16.1. The monoisotopic (exact) mass is 389 g/mol. The Bertz CT molecular complexity index is 628. The largest absolute Gasteiger partial charge is 0.341 e. The van der Waals surface area contributed by atoms with Gasteiger partial charge in [0.25, 0.3) is 5.91 Å². The number of hydrogen-bond donors (Lipinski definition) is 0. The Morgan fingerprint density at radius 3 is 2.22 bits per heavy atom. The van der Waals surface area contributed by atoms with Crippen molar-refractivity contribution in [3.8, 4) is 0 Å². The van der Waals surface area contributed by atoms with Crippen LogP contribution in [-0.2, 0) is 4.79 Å². The maximum absolute atomic E-state index is 13.4. The second-order valence-electron chi connectivity index (χ2n) is 8.18. The van der Waals surface area contributed by atoms with Crippen molar-refractivity contribution in [3.63, 3.8) is 0 Å². The van der Waals surface area contributed by atoms with Crippen LogP contribution in [-0.4, -0.2) is 71.8 Å². The molecule has 27 heavy (non-hydrogen) atoms. The summed E-state index contributed by atoms with van der Waals surface area (Å²) in [7, 11) is 0. The summed E-state index contributed by atoms with van der Waals surface area (Å²) in [5.41, 5.74) is 0. The topological polar surface area (TPSA) is 43.9 Å². The first-order chi connectivity index (χ1) is 13.2. The summed E-state index contributed by atoms with van der Waals surface area (Å²) in [6, 6.07) is 3.87. The highest BCUT2D eigenvalue weighted by Crippen LogP contribution is 2.32. The van der Waals surface area contributed by atoms with Crippen molar-refractivity contribution in [1.29, 1.82) is 0 Å². The molecule has 3 fully saturated rings. The summed E-state index contributed by atoms with van der Waals surface area (Å²) < 4.78 is 0. The fourth-order valence-electron chi connectivity index (χ4n) is 4.99. The van der Waals surface area contributed by atoms with Crippen molar-refractivity contribution in [1.82, 2.24) is 14.7 Å². The van der Waals surface area contributed by atoms with Crippen LogP contribution in [0.5, 0.6) is 0 Å². The Hall–Kier alpha value is -1.40. The van der Waals surface area contributed by atoms with E-state index in [2.05, 4.69) is 9.80 Å². The molecule has 0 N–H and O–H groups in total. The molecule has 3 heterocycles. The maximum atomic E-state index is 13.4. The van der Waals surface area contributed by atoms with Crippen LogP contribution >= 0.6 is 11.3 Å². The zero-order chi connectivity index (χ0) is 18.6. The minimum atomic E-state index is 0.0320. The van der Waals surface area contributed by atoms with E-state index in [9.17, 15) is 9.59 Å². The number of carbonyl (C=O) groups excluding carboxylic acids is 2. The lowest BCUT2D eigenvalue weighted by molar-refractivity contribution is -0.140. The number of amides is 2. The molecule has 1 aromatic rings. The standard InChI is InChI=1S/C21H31N3O2S/c25-20(18-9-6-16-27-18)24-14-12-22(13-15-24)19(17-7-2-3-8-17)21(26)23-10-4-1-5-11-23/h6,9,16-17,19H,1-5,7-8,10-15H2. The minimum Gasteiger partial charge on any atom is -0.341 e. The van der Waals surface area contributed by atoms with Crippen LogP contribution in [0.25, 0.3) is 0 Å². The Morgan fingerprint density at radius 1 is 0.889 bits per heavy atom. The molecule has 3 aliphatic rings. The molecule has 1 saturated carbocycles. The van der Waals surface area contributed by atoms with Gasteiger partial charge in [-0.3, -0.25) is 14.5 Å². The maximum Gasteiger partial charge on any atom is 0.264 e. The molecule has 2 aliphatic heterocycles. The first-order valence-corrected chi connectivity index (χ1v) is 11.5. The van der Waals surface area contributed by atoms with Crippen LogP contribution < -0.4 is 0 Å². The van der Waals surface area contributed by atoms with E-state index in [1.54, 1.807) is 0 Å². The molecule has 148 valence electrons. The molecule has 0 aromatic carbocycles. The van der Waals surface area contributed by atoms with Crippen LogP contribution in [0.4, 0.5) is 0 Å². The van der Waals surface area contributed by atoms with Gasteiger partial charge in [-0.05, 0) is 49.5 Å². The fourth-order valence-corrected chi connectivity index (χ4v) is 5.68. The summed E-state index contributed by atoms with van der Waals surface area (Å²) in [5.74, 6) is 1.00. The van der Waals surface area contributed by atoms with Gasteiger partial charge < -0.3 is 9.80 Å². The Morgan fingerprint density at radius 2 is 1.59 bits per heavy atom.